The van der Waals surface area contributed by atoms with Crippen molar-refractivity contribution in [2.45, 2.75) is 11.6 Å². The zero-order valence-electron chi connectivity index (χ0n) is 18.5. The second-order valence-corrected chi connectivity index (χ2v) is 8.15. The highest BCUT2D eigenvalue weighted by Gasteiger charge is 2.38. The first-order valence-electron chi connectivity index (χ1n) is 11.1. The number of aliphatic hydroxyl groups excluding tert-OH is 1. The molecular weight excluding hydrogens is 418 g/mol. The fourth-order valence-corrected chi connectivity index (χ4v) is 4.56. The Morgan fingerprint density at radius 3 is 1.62 bits per heavy atom. The molecule has 0 fully saturated rings. The van der Waals surface area contributed by atoms with E-state index in [4.69, 9.17) is 5.26 Å². The van der Waals surface area contributed by atoms with Crippen LogP contribution in [0.25, 0.3) is 0 Å². The molecule has 5 aromatic rings. The maximum absolute atomic E-state index is 11.1. The third kappa shape index (κ3) is 3.69. The minimum atomic E-state index is -0.908. The lowest BCUT2D eigenvalue weighted by Crippen LogP contribution is -2.37. The summed E-state index contributed by atoms with van der Waals surface area (Å²) < 4.78 is 2.08. The molecule has 0 aliphatic heterocycles. The summed E-state index contributed by atoms with van der Waals surface area (Å²) in [7, 11) is 0. The van der Waals surface area contributed by atoms with Crippen LogP contribution >= 0.6 is 0 Å². The summed E-state index contributed by atoms with van der Waals surface area (Å²) in [5.74, 6) is 0. The Balaban J connectivity index is 1.71. The highest BCUT2D eigenvalue weighted by molar-refractivity contribution is 5.51. The number of nitrogens with zero attached hydrogens (tertiary/aromatic N) is 3. The molecule has 4 nitrogen and oxygen atoms in total. The molecule has 1 unspecified atom stereocenters. The van der Waals surface area contributed by atoms with Gasteiger partial charge >= 0.3 is 0 Å². The van der Waals surface area contributed by atoms with Gasteiger partial charge in [0.2, 0.25) is 0 Å². The van der Waals surface area contributed by atoms with Crippen LogP contribution in [0.3, 0.4) is 0 Å². The first-order chi connectivity index (χ1) is 16.7. The second-order valence-electron chi connectivity index (χ2n) is 8.15. The molecule has 1 aromatic heterocycles. The summed E-state index contributed by atoms with van der Waals surface area (Å²) in [6.07, 6.45) is 2.79. The molecule has 0 aliphatic carbocycles. The van der Waals surface area contributed by atoms with Gasteiger partial charge in [-0.05, 0) is 34.4 Å². The average Bonchev–Trinajstić information content (AvgIpc) is 3.41. The highest BCUT2D eigenvalue weighted by atomic mass is 16.3. The third-order valence-electron chi connectivity index (χ3n) is 6.20. The van der Waals surface area contributed by atoms with E-state index in [0.29, 0.717) is 16.8 Å². The number of aromatic nitrogens is 2. The average molecular weight is 442 g/mol. The Labute approximate surface area is 199 Å². The van der Waals surface area contributed by atoms with Gasteiger partial charge in [-0.1, -0.05) is 103 Å². The zero-order valence-corrected chi connectivity index (χ0v) is 18.5. The van der Waals surface area contributed by atoms with Crippen LogP contribution in [0.4, 0.5) is 0 Å². The topological polar surface area (TPSA) is 61.8 Å². The van der Waals surface area contributed by atoms with Crippen LogP contribution in [0, 0.1) is 11.3 Å². The van der Waals surface area contributed by atoms with E-state index in [1.54, 1.807) is 30.6 Å². The van der Waals surface area contributed by atoms with Crippen molar-refractivity contribution in [1.29, 1.82) is 5.26 Å². The van der Waals surface area contributed by atoms with E-state index in [1.807, 2.05) is 60.8 Å². The molecule has 0 saturated carbocycles. The lowest BCUT2D eigenvalue weighted by Gasteiger charge is -2.37. The van der Waals surface area contributed by atoms with Gasteiger partial charge in [0.15, 0.2) is 0 Å². The molecule has 1 atom stereocenters. The predicted molar refractivity (Wildman–Crippen MR) is 132 cm³/mol. The summed E-state index contributed by atoms with van der Waals surface area (Å²) in [6, 6.07) is 40.1. The second kappa shape index (κ2) is 9.19. The normalized spacial score (nSPS) is 12.1. The van der Waals surface area contributed by atoms with Crippen molar-refractivity contribution in [3.05, 3.63) is 161 Å². The van der Waals surface area contributed by atoms with Gasteiger partial charge < -0.3 is 9.67 Å². The van der Waals surface area contributed by atoms with Gasteiger partial charge in [-0.2, -0.15) is 5.26 Å². The van der Waals surface area contributed by atoms with E-state index in [1.165, 1.54) is 0 Å². The van der Waals surface area contributed by atoms with Crippen LogP contribution in [0.2, 0.25) is 0 Å². The lowest BCUT2D eigenvalue weighted by atomic mass is 9.77. The molecule has 0 amide bonds. The number of benzene rings is 4. The molecule has 0 bridgehead atoms. The Kier molecular flexibility index (Phi) is 5.78. The minimum absolute atomic E-state index is 0.539. The molecule has 0 aliphatic rings. The van der Waals surface area contributed by atoms with Gasteiger partial charge in [0.1, 0.15) is 11.6 Å². The Morgan fingerprint density at radius 1 is 0.706 bits per heavy atom. The molecular formula is C30H23N3O. The van der Waals surface area contributed by atoms with Crippen molar-refractivity contribution >= 4 is 0 Å². The molecule has 0 radical (unpaired) electrons. The van der Waals surface area contributed by atoms with Gasteiger partial charge in [0.25, 0.3) is 0 Å². The monoisotopic (exact) mass is 441 g/mol. The van der Waals surface area contributed by atoms with Crippen LogP contribution in [-0.2, 0) is 5.54 Å². The molecule has 0 spiro atoms. The van der Waals surface area contributed by atoms with E-state index in [0.717, 1.165) is 16.7 Å². The quantitative estimate of drug-likeness (QED) is 0.345. The molecule has 34 heavy (non-hydrogen) atoms. The van der Waals surface area contributed by atoms with Crippen LogP contribution in [0.5, 0.6) is 0 Å². The number of imidazole rings is 1. The number of hydrogen-bond donors (Lipinski definition) is 1. The zero-order chi connectivity index (χ0) is 23.4. The summed E-state index contributed by atoms with van der Waals surface area (Å²) in [4.78, 5) is 4.63. The first kappa shape index (κ1) is 21.4. The van der Waals surface area contributed by atoms with Gasteiger partial charge in [-0.3, -0.25) is 0 Å². The number of rotatable bonds is 6. The molecule has 1 N–H and O–H groups in total. The van der Waals surface area contributed by atoms with Crippen molar-refractivity contribution in [3.63, 3.8) is 0 Å². The van der Waals surface area contributed by atoms with Crippen molar-refractivity contribution in [2.75, 3.05) is 0 Å². The first-order valence-corrected chi connectivity index (χ1v) is 11.1. The van der Waals surface area contributed by atoms with Gasteiger partial charge in [-0.15, -0.1) is 0 Å². The van der Waals surface area contributed by atoms with Crippen LogP contribution in [-0.4, -0.2) is 14.7 Å². The minimum Gasteiger partial charge on any atom is -0.382 e. The molecule has 4 heteroatoms. The SMILES string of the molecule is N#Cc1ccc(C(O)c2cn(C(c3ccccc3)(c3ccccc3)c3ccccc3)cn2)cc1. The van der Waals surface area contributed by atoms with E-state index >= 15 is 0 Å². The van der Waals surface area contributed by atoms with Crippen molar-refractivity contribution in [1.82, 2.24) is 9.55 Å². The van der Waals surface area contributed by atoms with E-state index in [-0.39, 0.29) is 0 Å². The fraction of sp³-hybridized carbons (Fsp3) is 0.0667. The Morgan fingerprint density at radius 2 is 1.18 bits per heavy atom. The van der Waals surface area contributed by atoms with Gasteiger partial charge in [0.05, 0.1) is 23.7 Å². The molecule has 4 aromatic carbocycles. The van der Waals surface area contributed by atoms with E-state index < -0.39 is 11.6 Å². The molecule has 0 saturated heterocycles. The van der Waals surface area contributed by atoms with E-state index in [9.17, 15) is 5.11 Å². The summed E-state index contributed by atoms with van der Waals surface area (Å²) in [6.45, 7) is 0. The van der Waals surface area contributed by atoms with Crippen molar-refractivity contribution in [2.24, 2.45) is 0 Å². The Hall–Kier alpha value is -4.46. The maximum atomic E-state index is 11.1. The third-order valence-corrected chi connectivity index (χ3v) is 6.20. The summed E-state index contributed by atoms with van der Waals surface area (Å²) >= 11 is 0. The molecule has 1 heterocycles. The smallest absolute Gasteiger partial charge is 0.122 e. The number of hydrogen-bond acceptors (Lipinski definition) is 3. The standard InChI is InChI=1S/C30H23N3O/c31-20-23-16-18-24(19-17-23)29(34)28-21-33(22-32-28)30(25-10-4-1-5-11-25,26-12-6-2-7-13-26)27-14-8-3-9-15-27/h1-19,21-22,29,34H. The molecule has 5 rings (SSSR count). The van der Waals surface area contributed by atoms with Crippen LogP contribution in [0.1, 0.15) is 39.6 Å². The predicted octanol–water partition coefficient (Wildman–Crippen LogP) is 5.68. The van der Waals surface area contributed by atoms with E-state index in [2.05, 4.69) is 52.0 Å². The van der Waals surface area contributed by atoms with Crippen molar-refractivity contribution in [3.8, 4) is 6.07 Å². The fourth-order valence-electron chi connectivity index (χ4n) is 4.56. The highest BCUT2D eigenvalue weighted by Crippen LogP contribution is 2.41. The number of nitriles is 1. The van der Waals surface area contributed by atoms with Crippen molar-refractivity contribution < 1.29 is 5.11 Å². The van der Waals surface area contributed by atoms with Crippen LogP contribution in [0.15, 0.2) is 128 Å². The summed E-state index contributed by atoms with van der Waals surface area (Å²) in [5.41, 5.74) is 4.36. The maximum Gasteiger partial charge on any atom is 0.122 e. The summed E-state index contributed by atoms with van der Waals surface area (Å²) in [5, 5.41) is 20.2. The lowest BCUT2D eigenvalue weighted by molar-refractivity contribution is 0.215. The number of aliphatic hydroxyl groups is 1. The Bertz CT molecular complexity index is 1310. The largest absolute Gasteiger partial charge is 0.382 e. The van der Waals surface area contributed by atoms with Gasteiger partial charge in [-0.25, -0.2) is 4.98 Å². The van der Waals surface area contributed by atoms with Gasteiger partial charge in [0, 0.05) is 6.20 Å². The molecule has 164 valence electrons. The van der Waals surface area contributed by atoms with Crippen LogP contribution < -0.4 is 0 Å².